The van der Waals surface area contributed by atoms with Crippen molar-refractivity contribution < 1.29 is 4.79 Å². The second-order valence-electron chi connectivity index (χ2n) is 4.58. The molecule has 1 amide bonds. The lowest BCUT2D eigenvalue weighted by atomic mass is 10.1. The van der Waals surface area contributed by atoms with Gasteiger partial charge in [0.15, 0.2) is 0 Å². The molecule has 1 aromatic carbocycles. The van der Waals surface area contributed by atoms with Crippen molar-refractivity contribution in [1.82, 2.24) is 10.2 Å². The fourth-order valence-electron chi connectivity index (χ4n) is 1.99. The molecule has 1 N–H and O–H groups in total. The van der Waals surface area contributed by atoms with E-state index in [0.29, 0.717) is 6.54 Å². The van der Waals surface area contributed by atoms with Gasteiger partial charge in [0.25, 0.3) is 0 Å². The molecule has 0 fully saturated rings. The number of amides is 1. The van der Waals surface area contributed by atoms with Gasteiger partial charge >= 0.3 is 0 Å². The molecular formula is C15H24N2O. The summed E-state index contributed by atoms with van der Waals surface area (Å²) in [4.78, 5) is 13.7. The monoisotopic (exact) mass is 248 g/mol. The Kier molecular flexibility index (Phi) is 5.86. The zero-order chi connectivity index (χ0) is 13.5. The predicted molar refractivity (Wildman–Crippen MR) is 75.5 cm³/mol. The van der Waals surface area contributed by atoms with Gasteiger partial charge in [-0.15, -0.1) is 0 Å². The summed E-state index contributed by atoms with van der Waals surface area (Å²) in [6, 6.07) is 8.57. The van der Waals surface area contributed by atoms with Crippen LogP contribution in [0.2, 0.25) is 0 Å². The minimum Gasteiger partial charge on any atom is -0.342 e. The second-order valence-corrected chi connectivity index (χ2v) is 4.58. The van der Waals surface area contributed by atoms with Gasteiger partial charge in [0.1, 0.15) is 0 Å². The molecule has 0 heterocycles. The van der Waals surface area contributed by atoms with Gasteiger partial charge in [0, 0.05) is 19.1 Å². The number of benzene rings is 1. The van der Waals surface area contributed by atoms with Crippen molar-refractivity contribution in [3.8, 4) is 0 Å². The van der Waals surface area contributed by atoms with E-state index in [1.807, 2.05) is 18.7 Å². The van der Waals surface area contributed by atoms with Crippen molar-refractivity contribution in [2.24, 2.45) is 0 Å². The minimum atomic E-state index is 0.166. The molecule has 0 saturated heterocycles. The quantitative estimate of drug-likeness (QED) is 0.839. The zero-order valence-electron chi connectivity index (χ0n) is 11.9. The molecule has 0 spiro atoms. The standard InChI is InChI=1S/C15H24N2O/c1-5-17(6-2)15(18)11-16-13(4)14-9-7-8-12(3)10-14/h7-10,13,16H,5-6,11H2,1-4H3/t13-/m0/s1. The Morgan fingerprint density at radius 2 is 2.00 bits per heavy atom. The number of rotatable bonds is 6. The van der Waals surface area contributed by atoms with E-state index in [1.54, 1.807) is 0 Å². The van der Waals surface area contributed by atoms with Crippen molar-refractivity contribution in [3.63, 3.8) is 0 Å². The maximum Gasteiger partial charge on any atom is 0.236 e. The Bertz CT molecular complexity index is 386. The summed E-state index contributed by atoms with van der Waals surface area (Å²) in [5.74, 6) is 0.166. The number of hydrogen-bond acceptors (Lipinski definition) is 2. The molecule has 0 unspecified atom stereocenters. The lowest BCUT2D eigenvalue weighted by molar-refractivity contribution is -0.129. The van der Waals surface area contributed by atoms with E-state index < -0.39 is 0 Å². The number of nitrogens with one attached hydrogen (secondary N) is 1. The van der Waals surface area contributed by atoms with Gasteiger partial charge in [-0.3, -0.25) is 4.79 Å². The van der Waals surface area contributed by atoms with E-state index in [-0.39, 0.29) is 11.9 Å². The number of carbonyl (C=O) groups excluding carboxylic acids is 1. The maximum absolute atomic E-state index is 11.9. The largest absolute Gasteiger partial charge is 0.342 e. The van der Waals surface area contributed by atoms with E-state index in [4.69, 9.17) is 0 Å². The predicted octanol–water partition coefficient (Wildman–Crippen LogP) is 2.51. The van der Waals surface area contributed by atoms with Gasteiger partial charge in [-0.1, -0.05) is 29.8 Å². The normalized spacial score (nSPS) is 12.2. The topological polar surface area (TPSA) is 32.3 Å². The van der Waals surface area contributed by atoms with Crippen LogP contribution in [0.25, 0.3) is 0 Å². The van der Waals surface area contributed by atoms with Gasteiger partial charge in [-0.2, -0.15) is 0 Å². The molecule has 1 rings (SSSR count). The maximum atomic E-state index is 11.9. The molecule has 0 saturated carbocycles. The van der Waals surface area contributed by atoms with Gasteiger partial charge in [-0.25, -0.2) is 0 Å². The molecule has 3 heteroatoms. The van der Waals surface area contributed by atoms with Crippen molar-refractivity contribution in [2.75, 3.05) is 19.6 Å². The fourth-order valence-corrected chi connectivity index (χ4v) is 1.99. The van der Waals surface area contributed by atoms with E-state index in [1.165, 1.54) is 11.1 Å². The van der Waals surface area contributed by atoms with Crippen LogP contribution < -0.4 is 5.32 Å². The summed E-state index contributed by atoms with van der Waals surface area (Å²) in [6.07, 6.45) is 0. The summed E-state index contributed by atoms with van der Waals surface area (Å²) < 4.78 is 0. The van der Waals surface area contributed by atoms with Crippen LogP contribution in [0.15, 0.2) is 24.3 Å². The summed E-state index contributed by atoms with van der Waals surface area (Å²) in [7, 11) is 0. The molecule has 0 bridgehead atoms. The number of aryl methyl sites for hydroxylation is 1. The van der Waals surface area contributed by atoms with Gasteiger partial charge in [-0.05, 0) is 33.3 Å². The molecule has 18 heavy (non-hydrogen) atoms. The first-order chi connectivity index (χ1) is 8.58. The average Bonchev–Trinajstić information content (AvgIpc) is 2.37. The van der Waals surface area contributed by atoms with Crippen LogP contribution in [0.3, 0.4) is 0 Å². The third-order valence-corrected chi connectivity index (χ3v) is 3.22. The van der Waals surface area contributed by atoms with Crippen molar-refractivity contribution in [2.45, 2.75) is 33.7 Å². The lowest BCUT2D eigenvalue weighted by Crippen LogP contribution is -2.38. The van der Waals surface area contributed by atoms with Crippen LogP contribution in [0.4, 0.5) is 0 Å². The number of hydrogen-bond donors (Lipinski definition) is 1. The lowest BCUT2D eigenvalue weighted by Gasteiger charge is -2.21. The highest BCUT2D eigenvalue weighted by atomic mass is 16.2. The first kappa shape index (κ1) is 14.7. The molecule has 1 aromatic rings. The third kappa shape index (κ3) is 4.15. The van der Waals surface area contributed by atoms with Gasteiger partial charge in [0.2, 0.25) is 5.91 Å². The Balaban J connectivity index is 2.51. The summed E-state index contributed by atoms with van der Waals surface area (Å²) >= 11 is 0. The van der Waals surface area contributed by atoms with Crippen molar-refractivity contribution in [1.29, 1.82) is 0 Å². The molecule has 3 nitrogen and oxygen atoms in total. The highest BCUT2D eigenvalue weighted by molar-refractivity contribution is 5.78. The van der Waals surface area contributed by atoms with E-state index in [2.05, 4.69) is 43.4 Å². The second kappa shape index (κ2) is 7.17. The van der Waals surface area contributed by atoms with E-state index in [0.717, 1.165) is 13.1 Å². The van der Waals surface area contributed by atoms with Crippen LogP contribution in [0.1, 0.15) is 37.9 Å². The molecule has 0 aliphatic carbocycles. The Hall–Kier alpha value is -1.35. The Labute approximate surface area is 110 Å². The van der Waals surface area contributed by atoms with E-state index in [9.17, 15) is 4.79 Å². The van der Waals surface area contributed by atoms with Crippen LogP contribution in [0, 0.1) is 6.92 Å². The molecule has 1 atom stereocenters. The highest BCUT2D eigenvalue weighted by Crippen LogP contribution is 2.13. The summed E-state index contributed by atoms with van der Waals surface area (Å²) in [6.45, 7) is 10.1. The van der Waals surface area contributed by atoms with Gasteiger partial charge < -0.3 is 10.2 Å². The Morgan fingerprint density at radius 1 is 1.33 bits per heavy atom. The highest BCUT2D eigenvalue weighted by Gasteiger charge is 2.11. The molecule has 0 aliphatic rings. The van der Waals surface area contributed by atoms with Crippen molar-refractivity contribution in [3.05, 3.63) is 35.4 Å². The average molecular weight is 248 g/mol. The number of carbonyl (C=O) groups is 1. The summed E-state index contributed by atoms with van der Waals surface area (Å²) in [5, 5.41) is 3.28. The molecule has 0 aliphatic heterocycles. The fraction of sp³-hybridized carbons (Fsp3) is 0.533. The van der Waals surface area contributed by atoms with Crippen LogP contribution in [-0.2, 0) is 4.79 Å². The zero-order valence-corrected chi connectivity index (χ0v) is 11.9. The van der Waals surface area contributed by atoms with E-state index >= 15 is 0 Å². The molecule has 100 valence electrons. The SMILES string of the molecule is CCN(CC)C(=O)CN[C@@H](C)c1cccc(C)c1. The first-order valence-corrected chi connectivity index (χ1v) is 6.66. The van der Waals surface area contributed by atoms with Crippen LogP contribution >= 0.6 is 0 Å². The van der Waals surface area contributed by atoms with Crippen molar-refractivity contribution >= 4 is 5.91 Å². The third-order valence-electron chi connectivity index (χ3n) is 3.22. The smallest absolute Gasteiger partial charge is 0.236 e. The van der Waals surface area contributed by atoms with Crippen LogP contribution in [0.5, 0.6) is 0 Å². The molecular weight excluding hydrogens is 224 g/mol. The molecule has 0 radical (unpaired) electrons. The number of nitrogens with zero attached hydrogens (tertiary/aromatic N) is 1. The minimum absolute atomic E-state index is 0.166. The number of likely N-dealkylation sites (N-methyl/N-ethyl adjacent to an activating group) is 1. The first-order valence-electron chi connectivity index (χ1n) is 6.66. The summed E-state index contributed by atoms with van der Waals surface area (Å²) in [5.41, 5.74) is 2.47. The molecule has 0 aromatic heterocycles. The van der Waals surface area contributed by atoms with Crippen LogP contribution in [-0.4, -0.2) is 30.4 Å². The van der Waals surface area contributed by atoms with Gasteiger partial charge in [0.05, 0.1) is 6.54 Å². The Morgan fingerprint density at radius 3 is 2.56 bits per heavy atom.